The average Bonchev–Trinajstić information content (AvgIpc) is 3.06. The number of carbonyl (C=O) groups excluding carboxylic acids is 1. The van der Waals surface area contributed by atoms with Gasteiger partial charge in [0.25, 0.3) is 0 Å². The van der Waals surface area contributed by atoms with Gasteiger partial charge in [-0.25, -0.2) is 9.07 Å². The largest absolute Gasteiger partial charge is 0.374 e. The van der Waals surface area contributed by atoms with Crippen molar-refractivity contribution in [1.82, 2.24) is 25.1 Å². The van der Waals surface area contributed by atoms with Crippen molar-refractivity contribution in [2.24, 2.45) is 0 Å². The Bertz CT molecular complexity index is 649. The van der Waals surface area contributed by atoms with Crippen LogP contribution in [0.15, 0.2) is 30.6 Å². The highest BCUT2D eigenvalue weighted by Gasteiger charge is 2.24. The molecule has 0 saturated carbocycles. The van der Waals surface area contributed by atoms with Crippen LogP contribution in [-0.2, 0) is 22.5 Å². The first kappa shape index (κ1) is 15.5. The van der Waals surface area contributed by atoms with Gasteiger partial charge in [-0.1, -0.05) is 12.1 Å². The SMILES string of the molecule is O=C(CCn1cnnn1)N1CCO[C@@H](Cc2cccc(F)c2)C1. The Morgan fingerprint density at radius 1 is 1.43 bits per heavy atom. The van der Waals surface area contributed by atoms with Crippen LogP contribution >= 0.6 is 0 Å². The van der Waals surface area contributed by atoms with E-state index in [1.165, 1.54) is 23.1 Å². The molecule has 1 aromatic heterocycles. The van der Waals surface area contributed by atoms with Gasteiger partial charge in [-0.05, 0) is 28.1 Å². The number of rotatable bonds is 5. The number of carbonyl (C=O) groups is 1. The van der Waals surface area contributed by atoms with Crippen LogP contribution in [0.25, 0.3) is 0 Å². The molecule has 1 amide bonds. The highest BCUT2D eigenvalue weighted by molar-refractivity contribution is 5.76. The fraction of sp³-hybridized carbons (Fsp3) is 0.467. The summed E-state index contributed by atoms with van der Waals surface area (Å²) in [5, 5.41) is 10.8. The number of benzene rings is 1. The van der Waals surface area contributed by atoms with Gasteiger partial charge in [-0.3, -0.25) is 4.79 Å². The molecule has 3 rings (SSSR count). The number of hydrogen-bond donors (Lipinski definition) is 0. The zero-order chi connectivity index (χ0) is 16.1. The minimum atomic E-state index is -0.257. The number of hydrogen-bond acceptors (Lipinski definition) is 5. The first-order valence-corrected chi connectivity index (χ1v) is 7.55. The second-order valence-electron chi connectivity index (χ2n) is 5.49. The van der Waals surface area contributed by atoms with Crippen LogP contribution in [0.3, 0.4) is 0 Å². The summed E-state index contributed by atoms with van der Waals surface area (Å²) < 4.78 is 20.5. The van der Waals surface area contributed by atoms with Gasteiger partial charge in [0, 0.05) is 25.9 Å². The summed E-state index contributed by atoms with van der Waals surface area (Å²) in [7, 11) is 0. The van der Waals surface area contributed by atoms with Gasteiger partial charge in [-0.15, -0.1) is 5.10 Å². The van der Waals surface area contributed by atoms with E-state index in [1.807, 2.05) is 6.07 Å². The Morgan fingerprint density at radius 2 is 2.35 bits per heavy atom. The molecule has 1 aromatic carbocycles. The van der Waals surface area contributed by atoms with Crippen LogP contribution in [0.2, 0.25) is 0 Å². The molecular formula is C15H18FN5O2. The van der Waals surface area contributed by atoms with E-state index >= 15 is 0 Å². The number of aromatic nitrogens is 4. The van der Waals surface area contributed by atoms with Gasteiger partial charge in [0.05, 0.1) is 19.3 Å². The monoisotopic (exact) mass is 319 g/mol. The summed E-state index contributed by atoms with van der Waals surface area (Å²) in [6.07, 6.45) is 2.31. The van der Waals surface area contributed by atoms with Gasteiger partial charge in [0.1, 0.15) is 12.1 Å². The predicted molar refractivity (Wildman–Crippen MR) is 78.9 cm³/mol. The number of tetrazole rings is 1. The summed E-state index contributed by atoms with van der Waals surface area (Å²) in [6.45, 7) is 2.05. The molecule has 2 aromatic rings. The Hall–Kier alpha value is -2.35. The highest BCUT2D eigenvalue weighted by Crippen LogP contribution is 2.14. The van der Waals surface area contributed by atoms with Gasteiger partial charge >= 0.3 is 0 Å². The molecule has 1 fully saturated rings. The summed E-state index contributed by atoms with van der Waals surface area (Å²) in [5.41, 5.74) is 0.873. The van der Waals surface area contributed by atoms with E-state index in [9.17, 15) is 9.18 Å². The van der Waals surface area contributed by atoms with Gasteiger partial charge in [0.15, 0.2) is 0 Å². The van der Waals surface area contributed by atoms with Crippen LogP contribution < -0.4 is 0 Å². The number of halogens is 1. The third-order valence-electron chi connectivity index (χ3n) is 3.79. The number of morpholine rings is 1. The normalized spacial score (nSPS) is 18.1. The van der Waals surface area contributed by atoms with E-state index in [0.29, 0.717) is 39.1 Å². The minimum Gasteiger partial charge on any atom is -0.374 e. The highest BCUT2D eigenvalue weighted by atomic mass is 19.1. The van der Waals surface area contributed by atoms with Crippen LogP contribution in [-0.4, -0.2) is 56.8 Å². The van der Waals surface area contributed by atoms with Crippen molar-refractivity contribution in [3.8, 4) is 0 Å². The Balaban J connectivity index is 1.52. The maximum atomic E-state index is 13.2. The lowest BCUT2D eigenvalue weighted by atomic mass is 10.1. The molecule has 0 N–H and O–H groups in total. The van der Waals surface area contributed by atoms with E-state index in [2.05, 4.69) is 15.5 Å². The maximum Gasteiger partial charge on any atom is 0.224 e. The van der Waals surface area contributed by atoms with Crippen molar-refractivity contribution in [2.75, 3.05) is 19.7 Å². The summed E-state index contributed by atoms with van der Waals surface area (Å²) in [5.74, 6) is -0.208. The van der Waals surface area contributed by atoms with E-state index < -0.39 is 0 Å². The molecule has 2 heterocycles. The molecule has 0 radical (unpaired) electrons. The van der Waals surface area contributed by atoms with Crippen molar-refractivity contribution >= 4 is 5.91 Å². The van der Waals surface area contributed by atoms with Crippen molar-refractivity contribution in [3.63, 3.8) is 0 Å². The molecule has 0 spiro atoms. The quantitative estimate of drug-likeness (QED) is 0.810. The van der Waals surface area contributed by atoms with E-state index in [-0.39, 0.29) is 17.8 Å². The molecule has 7 nitrogen and oxygen atoms in total. The van der Waals surface area contributed by atoms with E-state index in [4.69, 9.17) is 4.74 Å². The molecular weight excluding hydrogens is 301 g/mol. The van der Waals surface area contributed by atoms with Crippen molar-refractivity contribution in [2.45, 2.75) is 25.5 Å². The van der Waals surface area contributed by atoms with E-state index in [1.54, 1.807) is 11.0 Å². The summed E-state index contributed by atoms with van der Waals surface area (Å²) >= 11 is 0. The number of ether oxygens (including phenoxy) is 1. The third kappa shape index (κ3) is 4.32. The molecule has 1 aliphatic heterocycles. The molecule has 0 bridgehead atoms. The smallest absolute Gasteiger partial charge is 0.224 e. The van der Waals surface area contributed by atoms with Crippen molar-refractivity contribution in [1.29, 1.82) is 0 Å². The Labute approximate surface area is 133 Å². The van der Waals surface area contributed by atoms with E-state index in [0.717, 1.165) is 5.56 Å². The first-order chi connectivity index (χ1) is 11.2. The molecule has 8 heteroatoms. The predicted octanol–water partition coefficient (Wildman–Crippen LogP) is 0.672. The summed E-state index contributed by atoms with van der Waals surface area (Å²) in [4.78, 5) is 14.1. The molecule has 23 heavy (non-hydrogen) atoms. The van der Waals surface area contributed by atoms with Crippen LogP contribution in [0, 0.1) is 5.82 Å². The third-order valence-corrected chi connectivity index (χ3v) is 3.79. The molecule has 0 unspecified atom stereocenters. The molecule has 1 atom stereocenters. The van der Waals surface area contributed by atoms with Crippen molar-refractivity contribution < 1.29 is 13.9 Å². The molecule has 1 saturated heterocycles. The fourth-order valence-corrected chi connectivity index (χ4v) is 2.65. The Morgan fingerprint density at radius 3 is 3.13 bits per heavy atom. The number of aryl methyl sites for hydroxylation is 1. The average molecular weight is 319 g/mol. The fourth-order valence-electron chi connectivity index (χ4n) is 2.65. The topological polar surface area (TPSA) is 73.1 Å². The Kier molecular flexibility index (Phi) is 4.92. The van der Waals surface area contributed by atoms with Crippen molar-refractivity contribution in [3.05, 3.63) is 42.0 Å². The molecule has 1 aliphatic rings. The maximum absolute atomic E-state index is 13.2. The number of amides is 1. The molecule has 0 aliphatic carbocycles. The van der Waals surface area contributed by atoms with Gasteiger partial charge in [0.2, 0.25) is 5.91 Å². The van der Waals surface area contributed by atoms with Gasteiger partial charge < -0.3 is 9.64 Å². The van der Waals surface area contributed by atoms with Gasteiger partial charge in [-0.2, -0.15) is 0 Å². The zero-order valence-corrected chi connectivity index (χ0v) is 12.6. The second kappa shape index (κ2) is 7.28. The standard InChI is InChI=1S/C15H18FN5O2/c16-13-3-1-2-12(8-13)9-14-10-20(6-7-23-14)15(22)4-5-21-11-17-18-19-21/h1-3,8,11,14H,4-7,9-10H2/t14-/m0/s1. The zero-order valence-electron chi connectivity index (χ0n) is 12.6. The minimum absolute atomic E-state index is 0.0491. The molecule has 122 valence electrons. The van der Waals surface area contributed by atoms with Crippen LogP contribution in [0.4, 0.5) is 4.39 Å². The second-order valence-corrected chi connectivity index (χ2v) is 5.49. The lowest BCUT2D eigenvalue weighted by Gasteiger charge is -2.33. The lowest BCUT2D eigenvalue weighted by Crippen LogP contribution is -2.46. The number of nitrogens with zero attached hydrogens (tertiary/aromatic N) is 5. The van der Waals surface area contributed by atoms with Crippen LogP contribution in [0.5, 0.6) is 0 Å². The first-order valence-electron chi connectivity index (χ1n) is 7.55. The summed E-state index contributed by atoms with van der Waals surface area (Å²) in [6, 6.07) is 6.47. The lowest BCUT2D eigenvalue weighted by molar-refractivity contribution is -0.139. The van der Waals surface area contributed by atoms with Crippen LogP contribution in [0.1, 0.15) is 12.0 Å².